The van der Waals surface area contributed by atoms with Gasteiger partial charge in [-0.3, -0.25) is 9.69 Å². The van der Waals surface area contributed by atoms with Gasteiger partial charge in [0.1, 0.15) is 11.6 Å². The third-order valence-corrected chi connectivity index (χ3v) is 5.94. The van der Waals surface area contributed by atoms with Crippen LogP contribution in [0.1, 0.15) is 54.3 Å². The lowest BCUT2D eigenvalue weighted by Gasteiger charge is -2.27. The van der Waals surface area contributed by atoms with Crippen LogP contribution in [-0.2, 0) is 0 Å². The van der Waals surface area contributed by atoms with Crippen LogP contribution in [0, 0.1) is 0 Å². The molecule has 0 bridgehead atoms. The van der Waals surface area contributed by atoms with Gasteiger partial charge in [0.05, 0.1) is 22.9 Å². The number of hydrogen-bond acceptors (Lipinski definition) is 5. The van der Waals surface area contributed by atoms with Crippen molar-refractivity contribution in [2.24, 2.45) is 0 Å². The number of halogens is 1. The van der Waals surface area contributed by atoms with Gasteiger partial charge in [0.2, 0.25) is 0 Å². The fraction of sp³-hybridized carbons (Fsp3) is 0.524. The van der Waals surface area contributed by atoms with E-state index in [0.717, 1.165) is 44.8 Å². The Bertz CT molecular complexity index is 784. The van der Waals surface area contributed by atoms with Crippen LogP contribution in [0.15, 0.2) is 35.1 Å². The van der Waals surface area contributed by atoms with Crippen molar-refractivity contribution in [2.45, 2.75) is 38.1 Å². The number of piperidine rings is 1. The Hall–Kier alpha value is -2.05. The van der Waals surface area contributed by atoms with Crippen molar-refractivity contribution in [2.75, 3.05) is 38.0 Å². The molecule has 0 saturated carbocycles. The number of amides is 1. The number of hydrogen-bond donors (Lipinski definition) is 1. The second-order valence-electron chi connectivity index (χ2n) is 7.56. The third kappa shape index (κ3) is 4.33. The van der Waals surface area contributed by atoms with E-state index >= 15 is 0 Å². The van der Waals surface area contributed by atoms with E-state index in [1.807, 2.05) is 17.0 Å². The van der Waals surface area contributed by atoms with Gasteiger partial charge < -0.3 is 14.6 Å². The van der Waals surface area contributed by atoms with Crippen molar-refractivity contribution in [3.63, 3.8) is 0 Å². The standard InChI is InChI=1S/C21H27ClN4O2/c22-17-13-16(21(27)26-10-2-1-3-11-26)14-23-20(17)24-15-18(19-7-6-12-28-19)25-8-4-5-9-25/h6-7,12-14,18H,1-5,8-11,15H2,(H,23,24). The molecule has 4 heterocycles. The Kier molecular flexibility index (Phi) is 6.17. The summed E-state index contributed by atoms with van der Waals surface area (Å²) in [5.74, 6) is 1.57. The molecule has 0 spiro atoms. The molecule has 2 fully saturated rings. The number of rotatable bonds is 6. The summed E-state index contributed by atoms with van der Waals surface area (Å²) >= 11 is 6.45. The minimum absolute atomic E-state index is 0.0196. The summed E-state index contributed by atoms with van der Waals surface area (Å²) in [6.07, 6.45) is 9.09. The summed E-state index contributed by atoms with van der Waals surface area (Å²) < 4.78 is 5.66. The molecule has 150 valence electrons. The van der Waals surface area contributed by atoms with E-state index in [1.165, 1.54) is 19.3 Å². The maximum absolute atomic E-state index is 12.6. The van der Waals surface area contributed by atoms with E-state index in [-0.39, 0.29) is 11.9 Å². The van der Waals surface area contributed by atoms with E-state index in [4.69, 9.17) is 16.0 Å². The van der Waals surface area contributed by atoms with Gasteiger partial charge >= 0.3 is 0 Å². The fourth-order valence-electron chi connectivity index (χ4n) is 4.10. The van der Waals surface area contributed by atoms with Crippen LogP contribution in [0.2, 0.25) is 5.02 Å². The molecule has 2 aliphatic heterocycles. The van der Waals surface area contributed by atoms with Crippen LogP contribution in [0.4, 0.5) is 5.82 Å². The average molecular weight is 403 g/mol. The quantitative estimate of drug-likeness (QED) is 0.784. The normalized spacial score (nSPS) is 19.0. The minimum atomic E-state index is 0.0196. The highest BCUT2D eigenvalue weighted by atomic mass is 35.5. The molecule has 1 amide bonds. The maximum atomic E-state index is 12.6. The molecule has 1 atom stereocenters. The largest absolute Gasteiger partial charge is 0.468 e. The molecule has 1 N–H and O–H groups in total. The molecule has 4 rings (SSSR count). The summed E-state index contributed by atoms with van der Waals surface area (Å²) in [5, 5.41) is 3.83. The van der Waals surface area contributed by atoms with Crippen molar-refractivity contribution < 1.29 is 9.21 Å². The Morgan fingerprint density at radius 2 is 1.93 bits per heavy atom. The van der Waals surface area contributed by atoms with Crippen molar-refractivity contribution in [1.29, 1.82) is 0 Å². The number of carbonyl (C=O) groups is 1. The molecular formula is C21H27ClN4O2. The monoisotopic (exact) mass is 402 g/mol. The van der Waals surface area contributed by atoms with Crippen molar-refractivity contribution >= 4 is 23.3 Å². The Labute approximate surface area is 170 Å². The number of anilines is 1. The van der Waals surface area contributed by atoms with E-state index in [2.05, 4.69) is 15.2 Å². The van der Waals surface area contributed by atoms with Crippen molar-refractivity contribution in [3.05, 3.63) is 47.0 Å². The summed E-state index contributed by atoms with van der Waals surface area (Å²) in [7, 11) is 0. The zero-order valence-electron chi connectivity index (χ0n) is 16.1. The van der Waals surface area contributed by atoms with E-state index in [9.17, 15) is 4.79 Å². The lowest BCUT2D eigenvalue weighted by atomic mass is 10.1. The van der Waals surface area contributed by atoms with Crippen LogP contribution in [0.3, 0.4) is 0 Å². The van der Waals surface area contributed by atoms with Crippen LogP contribution >= 0.6 is 11.6 Å². The van der Waals surface area contributed by atoms with Gasteiger partial charge in [-0.15, -0.1) is 0 Å². The van der Waals surface area contributed by atoms with Gasteiger partial charge in [0.25, 0.3) is 5.91 Å². The first-order chi connectivity index (χ1) is 13.7. The molecule has 0 radical (unpaired) electrons. The fourth-order valence-corrected chi connectivity index (χ4v) is 4.33. The van der Waals surface area contributed by atoms with Gasteiger partial charge in [-0.1, -0.05) is 11.6 Å². The first-order valence-corrected chi connectivity index (χ1v) is 10.6. The summed E-state index contributed by atoms with van der Waals surface area (Å²) in [4.78, 5) is 21.4. The SMILES string of the molecule is O=C(c1cnc(NCC(c2ccco2)N2CCCC2)c(Cl)c1)N1CCCCC1. The molecule has 7 heteroatoms. The van der Waals surface area contributed by atoms with Crippen LogP contribution in [-0.4, -0.2) is 53.4 Å². The molecular weight excluding hydrogens is 376 g/mol. The minimum Gasteiger partial charge on any atom is -0.468 e. The van der Waals surface area contributed by atoms with Crippen molar-refractivity contribution in [3.8, 4) is 0 Å². The van der Waals surface area contributed by atoms with Crippen LogP contribution < -0.4 is 5.32 Å². The number of pyridine rings is 1. The summed E-state index contributed by atoms with van der Waals surface area (Å²) in [5.41, 5.74) is 0.555. The lowest BCUT2D eigenvalue weighted by Crippen LogP contribution is -2.35. The summed E-state index contributed by atoms with van der Waals surface area (Å²) in [6.45, 7) is 4.42. The first-order valence-electron chi connectivity index (χ1n) is 10.2. The van der Waals surface area contributed by atoms with Gasteiger partial charge in [-0.25, -0.2) is 4.98 Å². The molecule has 0 aliphatic carbocycles. The first kappa shape index (κ1) is 19.3. The smallest absolute Gasteiger partial charge is 0.255 e. The number of aromatic nitrogens is 1. The maximum Gasteiger partial charge on any atom is 0.255 e. The number of nitrogens with zero attached hydrogens (tertiary/aromatic N) is 3. The zero-order chi connectivity index (χ0) is 19.3. The highest BCUT2D eigenvalue weighted by molar-refractivity contribution is 6.33. The molecule has 1 unspecified atom stereocenters. The second kappa shape index (κ2) is 8.97. The zero-order valence-corrected chi connectivity index (χ0v) is 16.8. The van der Waals surface area contributed by atoms with Gasteiger partial charge in [-0.2, -0.15) is 0 Å². The van der Waals surface area contributed by atoms with Gasteiger partial charge in [0, 0.05) is 25.8 Å². The van der Waals surface area contributed by atoms with E-state index < -0.39 is 0 Å². The van der Waals surface area contributed by atoms with Crippen LogP contribution in [0.25, 0.3) is 0 Å². The Balaban J connectivity index is 1.43. The number of furan rings is 1. The van der Waals surface area contributed by atoms with Crippen molar-refractivity contribution in [1.82, 2.24) is 14.8 Å². The molecule has 6 nitrogen and oxygen atoms in total. The Morgan fingerprint density at radius 3 is 2.61 bits per heavy atom. The average Bonchev–Trinajstić information content (AvgIpc) is 3.44. The van der Waals surface area contributed by atoms with Crippen LogP contribution in [0.5, 0.6) is 0 Å². The third-order valence-electron chi connectivity index (χ3n) is 5.65. The molecule has 2 saturated heterocycles. The van der Waals surface area contributed by atoms with Gasteiger partial charge in [-0.05, 0) is 63.4 Å². The number of carbonyl (C=O) groups excluding carboxylic acids is 1. The predicted octanol–water partition coefficient (Wildman–Crippen LogP) is 4.20. The lowest BCUT2D eigenvalue weighted by molar-refractivity contribution is 0.0724. The Morgan fingerprint density at radius 1 is 1.18 bits per heavy atom. The molecule has 2 aromatic rings. The van der Waals surface area contributed by atoms with Gasteiger partial charge in [0.15, 0.2) is 0 Å². The highest BCUT2D eigenvalue weighted by Crippen LogP contribution is 2.28. The predicted molar refractivity (Wildman–Crippen MR) is 110 cm³/mol. The highest BCUT2D eigenvalue weighted by Gasteiger charge is 2.26. The number of nitrogens with one attached hydrogen (secondary N) is 1. The van der Waals surface area contributed by atoms with E-state index in [0.29, 0.717) is 22.9 Å². The molecule has 28 heavy (non-hydrogen) atoms. The molecule has 0 aromatic carbocycles. The topological polar surface area (TPSA) is 61.6 Å². The van der Waals surface area contributed by atoms with E-state index in [1.54, 1.807) is 18.5 Å². The summed E-state index contributed by atoms with van der Waals surface area (Å²) in [6, 6.07) is 5.81. The second-order valence-corrected chi connectivity index (χ2v) is 7.97. The number of likely N-dealkylation sites (tertiary alicyclic amines) is 2. The molecule has 2 aromatic heterocycles. The molecule has 2 aliphatic rings.